The highest BCUT2D eigenvalue weighted by atomic mass is 35.5. The van der Waals surface area contributed by atoms with Crippen LogP contribution in [0.3, 0.4) is 0 Å². The fourth-order valence-corrected chi connectivity index (χ4v) is 1.75. The Bertz CT molecular complexity index is 564. The standard InChI is InChI=1S/C11H9ClN2O.C4H6O/c1-15-9-4-2-8(3-5-9)10-6-7-13-11(12)14-10;1-2-4-5-3-1/h2-7H,1H3;1-2H,3-4H2. The van der Waals surface area contributed by atoms with E-state index in [1.807, 2.05) is 42.5 Å². The van der Waals surface area contributed by atoms with E-state index in [4.69, 9.17) is 21.1 Å². The molecule has 4 nitrogen and oxygen atoms in total. The Morgan fingerprint density at radius 1 is 1.10 bits per heavy atom. The lowest BCUT2D eigenvalue weighted by atomic mass is 10.1. The molecule has 2 aromatic rings. The fourth-order valence-electron chi connectivity index (χ4n) is 1.60. The minimum Gasteiger partial charge on any atom is -0.497 e. The van der Waals surface area contributed by atoms with E-state index in [0.717, 1.165) is 30.2 Å². The molecule has 5 heteroatoms. The Morgan fingerprint density at radius 2 is 1.80 bits per heavy atom. The van der Waals surface area contributed by atoms with Gasteiger partial charge in [-0.25, -0.2) is 9.97 Å². The van der Waals surface area contributed by atoms with Crippen LogP contribution >= 0.6 is 11.6 Å². The predicted octanol–water partition coefficient (Wildman–Crippen LogP) is 3.38. The van der Waals surface area contributed by atoms with Gasteiger partial charge in [-0.1, -0.05) is 12.2 Å². The summed E-state index contributed by atoms with van der Waals surface area (Å²) in [6, 6.07) is 9.43. The van der Waals surface area contributed by atoms with Gasteiger partial charge in [-0.3, -0.25) is 0 Å². The molecule has 0 fully saturated rings. The Kier molecular flexibility index (Phi) is 5.53. The summed E-state index contributed by atoms with van der Waals surface area (Å²) in [7, 11) is 1.64. The van der Waals surface area contributed by atoms with E-state index in [1.165, 1.54) is 0 Å². The number of halogens is 1. The van der Waals surface area contributed by atoms with Gasteiger partial charge in [0.2, 0.25) is 5.28 Å². The van der Waals surface area contributed by atoms with Crippen molar-refractivity contribution < 1.29 is 9.47 Å². The van der Waals surface area contributed by atoms with Crippen molar-refractivity contribution in [2.45, 2.75) is 0 Å². The molecule has 0 spiro atoms. The van der Waals surface area contributed by atoms with Gasteiger partial charge in [0, 0.05) is 11.8 Å². The van der Waals surface area contributed by atoms with E-state index >= 15 is 0 Å². The summed E-state index contributed by atoms with van der Waals surface area (Å²) in [5.41, 5.74) is 1.79. The zero-order valence-electron chi connectivity index (χ0n) is 11.1. The van der Waals surface area contributed by atoms with E-state index in [9.17, 15) is 0 Å². The summed E-state index contributed by atoms with van der Waals surface area (Å²) in [5.74, 6) is 0.818. The normalized spacial score (nSPS) is 12.7. The number of hydrogen-bond donors (Lipinski definition) is 0. The van der Waals surface area contributed by atoms with Crippen LogP contribution < -0.4 is 4.74 Å². The molecule has 0 amide bonds. The molecular weight excluding hydrogens is 276 g/mol. The van der Waals surface area contributed by atoms with Crippen LogP contribution in [0.4, 0.5) is 0 Å². The molecule has 0 saturated heterocycles. The second-order valence-electron chi connectivity index (χ2n) is 3.95. The summed E-state index contributed by atoms with van der Waals surface area (Å²) >= 11 is 5.71. The summed E-state index contributed by atoms with van der Waals surface area (Å²) in [5, 5.41) is 0.253. The Hall–Kier alpha value is -1.91. The SMILES string of the molecule is C1=CCOC1.COc1ccc(-c2ccnc(Cl)n2)cc1. The van der Waals surface area contributed by atoms with Gasteiger partial charge >= 0.3 is 0 Å². The molecule has 3 rings (SSSR count). The molecule has 0 aliphatic carbocycles. The van der Waals surface area contributed by atoms with Crippen LogP contribution in [0, 0.1) is 0 Å². The molecule has 0 N–H and O–H groups in total. The largest absolute Gasteiger partial charge is 0.497 e. The first-order valence-electron chi connectivity index (χ1n) is 6.15. The van der Waals surface area contributed by atoms with Gasteiger partial charge in [0.1, 0.15) is 5.75 Å². The van der Waals surface area contributed by atoms with Gasteiger partial charge in [-0.05, 0) is 41.9 Å². The van der Waals surface area contributed by atoms with Crippen molar-refractivity contribution in [2.24, 2.45) is 0 Å². The van der Waals surface area contributed by atoms with Gasteiger partial charge in [-0.15, -0.1) is 0 Å². The van der Waals surface area contributed by atoms with Crippen LogP contribution in [0.1, 0.15) is 0 Å². The maximum atomic E-state index is 5.71. The molecule has 0 atom stereocenters. The molecule has 2 heterocycles. The topological polar surface area (TPSA) is 44.2 Å². The highest BCUT2D eigenvalue weighted by Crippen LogP contribution is 2.20. The molecule has 104 valence electrons. The molecule has 0 bridgehead atoms. The smallest absolute Gasteiger partial charge is 0.222 e. The Morgan fingerprint density at radius 3 is 2.30 bits per heavy atom. The predicted molar refractivity (Wildman–Crippen MR) is 79.0 cm³/mol. The number of rotatable bonds is 2. The van der Waals surface area contributed by atoms with Crippen molar-refractivity contribution >= 4 is 11.6 Å². The molecule has 1 aliphatic heterocycles. The second kappa shape index (κ2) is 7.62. The molecule has 1 aromatic carbocycles. The van der Waals surface area contributed by atoms with Gasteiger partial charge in [0.05, 0.1) is 26.0 Å². The van der Waals surface area contributed by atoms with Crippen molar-refractivity contribution in [1.82, 2.24) is 9.97 Å². The molecule has 1 aliphatic rings. The number of methoxy groups -OCH3 is 1. The lowest BCUT2D eigenvalue weighted by Gasteiger charge is -2.02. The first-order valence-corrected chi connectivity index (χ1v) is 6.53. The fraction of sp³-hybridized carbons (Fsp3) is 0.200. The van der Waals surface area contributed by atoms with E-state index in [-0.39, 0.29) is 5.28 Å². The van der Waals surface area contributed by atoms with Crippen LogP contribution in [0.5, 0.6) is 5.75 Å². The minimum atomic E-state index is 0.253. The summed E-state index contributed by atoms with van der Waals surface area (Å²) in [6.45, 7) is 1.64. The van der Waals surface area contributed by atoms with Gasteiger partial charge in [0.25, 0.3) is 0 Å². The summed E-state index contributed by atoms with van der Waals surface area (Å²) in [4.78, 5) is 7.94. The Balaban J connectivity index is 0.000000247. The average Bonchev–Trinajstić information content (AvgIpc) is 3.07. The highest BCUT2D eigenvalue weighted by Gasteiger charge is 2.00. The monoisotopic (exact) mass is 290 g/mol. The zero-order chi connectivity index (χ0) is 14.2. The number of nitrogens with zero attached hydrogens (tertiary/aromatic N) is 2. The average molecular weight is 291 g/mol. The summed E-state index contributed by atoms with van der Waals surface area (Å²) in [6.07, 6.45) is 5.66. The quantitative estimate of drug-likeness (QED) is 0.628. The second-order valence-corrected chi connectivity index (χ2v) is 4.29. The highest BCUT2D eigenvalue weighted by molar-refractivity contribution is 6.28. The first kappa shape index (κ1) is 14.5. The maximum absolute atomic E-state index is 5.71. The number of hydrogen-bond acceptors (Lipinski definition) is 4. The van der Waals surface area contributed by atoms with Crippen molar-refractivity contribution in [3.8, 4) is 17.0 Å². The van der Waals surface area contributed by atoms with Gasteiger partial charge in [-0.2, -0.15) is 0 Å². The van der Waals surface area contributed by atoms with Crippen LogP contribution in [-0.4, -0.2) is 30.3 Å². The maximum Gasteiger partial charge on any atom is 0.222 e. The van der Waals surface area contributed by atoms with Crippen molar-refractivity contribution in [2.75, 3.05) is 20.3 Å². The van der Waals surface area contributed by atoms with Gasteiger partial charge < -0.3 is 9.47 Å². The number of aromatic nitrogens is 2. The number of benzene rings is 1. The minimum absolute atomic E-state index is 0.253. The third-order valence-electron chi connectivity index (χ3n) is 2.61. The Labute approximate surface area is 123 Å². The third-order valence-corrected chi connectivity index (χ3v) is 2.79. The van der Waals surface area contributed by atoms with E-state index in [1.54, 1.807) is 13.3 Å². The molecule has 0 radical (unpaired) electrons. The van der Waals surface area contributed by atoms with Crippen LogP contribution in [-0.2, 0) is 4.74 Å². The van der Waals surface area contributed by atoms with Gasteiger partial charge in [0.15, 0.2) is 0 Å². The third kappa shape index (κ3) is 4.33. The van der Waals surface area contributed by atoms with E-state index < -0.39 is 0 Å². The summed E-state index contributed by atoms with van der Waals surface area (Å²) < 4.78 is 9.90. The molecule has 1 aromatic heterocycles. The van der Waals surface area contributed by atoms with Crippen molar-refractivity contribution in [3.05, 3.63) is 54.0 Å². The first-order chi connectivity index (χ1) is 9.79. The lowest BCUT2D eigenvalue weighted by Crippen LogP contribution is -1.87. The van der Waals surface area contributed by atoms with Crippen molar-refractivity contribution in [1.29, 1.82) is 0 Å². The molecule has 20 heavy (non-hydrogen) atoms. The molecule has 0 unspecified atom stereocenters. The van der Waals surface area contributed by atoms with Crippen LogP contribution in [0.2, 0.25) is 5.28 Å². The molecule has 0 saturated carbocycles. The van der Waals surface area contributed by atoms with E-state index in [0.29, 0.717) is 0 Å². The zero-order valence-corrected chi connectivity index (χ0v) is 11.9. The number of ether oxygens (including phenoxy) is 2. The van der Waals surface area contributed by atoms with Crippen LogP contribution in [0.25, 0.3) is 11.3 Å². The van der Waals surface area contributed by atoms with E-state index in [2.05, 4.69) is 9.97 Å². The van der Waals surface area contributed by atoms with Crippen molar-refractivity contribution in [3.63, 3.8) is 0 Å². The van der Waals surface area contributed by atoms with Crippen LogP contribution in [0.15, 0.2) is 48.7 Å². The lowest BCUT2D eigenvalue weighted by molar-refractivity contribution is 0.213. The molecular formula is C15H15ClN2O2.